The first-order valence-corrected chi connectivity index (χ1v) is 13.1. The Bertz CT molecular complexity index is 1160. The fraction of sp³-hybridized carbons (Fsp3) is 0.464. The second-order valence-electron chi connectivity index (χ2n) is 9.44. The Kier molecular flexibility index (Phi) is 12.8. The fourth-order valence-electron chi connectivity index (χ4n) is 4.02. The number of aromatic hydroxyl groups is 2. The topological polar surface area (TPSA) is 220 Å². The lowest BCUT2D eigenvalue weighted by molar-refractivity contribution is -0.315. The molecule has 0 saturated carbocycles. The van der Waals surface area contributed by atoms with Crippen molar-refractivity contribution in [3.05, 3.63) is 59.7 Å². The molecule has 7 N–H and O–H groups in total. The van der Waals surface area contributed by atoms with E-state index in [-0.39, 0.29) is 24.6 Å². The smallest absolute Gasteiger partial charge is 0.303 e. The van der Waals surface area contributed by atoms with Crippen LogP contribution in [0.4, 0.5) is 0 Å². The summed E-state index contributed by atoms with van der Waals surface area (Å²) in [6.07, 6.45) is -9.46. The maximum Gasteiger partial charge on any atom is 0.303 e. The largest absolute Gasteiger partial charge is 0.508 e. The number of esters is 1. The molecule has 1 fully saturated rings. The van der Waals surface area contributed by atoms with Gasteiger partial charge in [-0.1, -0.05) is 24.3 Å². The van der Waals surface area contributed by atoms with E-state index in [2.05, 4.69) is 9.98 Å². The van der Waals surface area contributed by atoms with Gasteiger partial charge in [0.2, 0.25) is 0 Å². The van der Waals surface area contributed by atoms with Crippen LogP contribution >= 0.6 is 0 Å². The minimum atomic E-state index is -1.71. The second-order valence-corrected chi connectivity index (χ2v) is 9.44. The van der Waals surface area contributed by atoms with Crippen LogP contribution in [0, 0.1) is 0 Å². The van der Waals surface area contributed by atoms with Gasteiger partial charge in [-0.15, -0.1) is 0 Å². The zero-order valence-electron chi connectivity index (χ0n) is 22.8. The molecule has 0 unspecified atom stereocenters. The van der Waals surface area contributed by atoms with Crippen molar-refractivity contribution in [2.24, 2.45) is 9.98 Å². The number of phenols is 2. The molecule has 1 aliphatic rings. The number of hydrogen-bond donors (Lipinski definition) is 7. The number of carbonyl (C=O) groups excluding carboxylic acids is 1. The first kappa shape index (κ1) is 33.0. The summed E-state index contributed by atoms with van der Waals surface area (Å²) >= 11 is 0. The highest BCUT2D eigenvalue weighted by molar-refractivity contribution is 5.66. The average Bonchev–Trinajstić information content (AvgIpc) is 2.96. The number of aliphatic hydroxyl groups is 5. The standard InChI is InChI=1S/C28H36N2O12/c1-16(33)39-27-25(37)23(15-32)42-28(26(27)38)41-21(12-29-10-17-2-6-19(34)7-3-17)22(14-31)40-24(36)13-30-11-18-4-8-20(35)9-5-18/h2-9,12-13,21-28,31-32,34-38H,10-11,14-15H2,1H3/t21-,22-,23+,24+,25+,26+,27-,28+/m1/s1. The van der Waals surface area contributed by atoms with Gasteiger partial charge in [-0.2, -0.15) is 0 Å². The summed E-state index contributed by atoms with van der Waals surface area (Å²) < 4.78 is 21.9. The Labute approximate surface area is 241 Å². The molecule has 1 aliphatic heterocycles. The summed E-state index contributed by atoms with van der Waals surface area (Å²) in [5.41, 5.74) is 1.47. The molecular formula is C28H36N2O12. The quantitative estimate of drug-likeness (QED) is 0.0830. The number of phenolic OH excluding ortho intramolecular Hbond substituents is 2. The SMILES string of the molecule is CC(=O)O[C@H]1[C@H](O)[C@@H](O[C@H](C=NCc2ccc(O)cc2)[C@@H](CO)O[C@H](O)C=NCc2ccc(O)cc2)O[C@@H](CO)[C@@H]1O. The van der Waals surface area contributed by atoms with E-state index in [1.807, 2.05) is 0 Å². The molecular weight excluding hydrogens is 556 g/mol. The lowest BCUT2D eigenvalue weighted by Crippen LogP contribution is -2.61. The molecule has 0 amide bonds. The Morgan fingerprint density at radius 2 is 1.48 bits per heavy atom. The van der Waals surface area contributed by atoms with Crippen LogP contribution in [-0.2, 0) is 36.8 Å². The summed E-state index contributed by atoms with van der Waals surface area (Å²) in [5.74, 6) is -0.625. The lowest BCUT2D eigenvalue weighted by atomic mass is 9.99. The van der Waals surface area contributed by atoms with E-state index in [1.54, 1.807) is 24.3 Å². The van der Waals surface area contributed by atoms with E-state index in [0.29, 0.717) is 0 Å². The van der Waals surface area contributed by atoms with E-state index >= 15 is 0 Å². The van der Waals surface area contributed by atoms with Gasteiger partial charge in [0.15, 0.2) is 18.7 Å². The molecule has 42 heavy (non-hydrogen) atoms. The zero-order chi connectivity index (χ0) is 30.6. The molecule has 0 radical (unpaired) electrons. The third-order valence-electron chi connectivity index (χ3n) is 6.18. The molecule has 1 saturated heterocycles. The van der Waals surface area contributed by atoms with Crippen molar-refractivity contribution < 1.29 is 59.5 Å². The van der Waals surface area contributed by atoms with Gasteiger partial charge in [-0.25, -0.2) is 0 Å². The van der Waals surface area contributed by atoms with Crippen LogP contribution in [0.25, 0.3) is 0 Å². The number of carbonyl (C=O) groups is 1. The zero-order valence-corrected chi connectivity index (χ0v) is 22.8. The van der Waals surface area contributed by atoms with Gasteiger partial charge in [0, 0.05) is 13.1 Å². The summed E-state index contributed by atoms with van der Waals surface area (Å²) in [5, 5.41) is 70.2. The van der Waals surface area contributed by atoms with Crippen LogP contribution in [0.2, 0.25) is 0 Å². The van der Waals surface area contributed by atoms with Crippen molar-refractivity contribution >= 4 is 18.4 Å². The normalized spacial score (nSPS) is 25.0. The van der Waals surface area contributed by atoms with Crippen LogP contribution in [0.5, 0.6) is 11.5 Å². The number of hydrogen-bond acceptors (Lipinski definition) is 14. The van der Waals surface area contributed by atoms with Crippen molar-refractivity contribution in [1.29, 1.82) is 0 Å². The predicted molar refractivity (Wildman–Crippen MR) is 147 cm³/mol. The lowest BCUT2D eigenvalue weighted by Gasteiger charge is -2.42. The average molecular weight is 593 g/mol. The van der Waals surface area contributed by atoms with Crippen LogP contribution < -0.4 is 0 Å². The Morgan fingerprint density at radius 1 is 0.929 bits per heavy atom. The van der Waals surface area contributed by atoms with Crippen molar-refractivity contribution in [3.8, 4) is 11.5 Å². The van der Waals surface area contributed by atoms with Crippen LogP contribution in [0.3, 0.4) is 0 Å². The summed E-state index contributed by atoms with van der Waals surface area (Å²) in [7, 11) is 0. The maximum atomic E-state index is 11.6. The number of benzene rings is 2. The Morgan fingerprint density at radius 3 is 1.98 bits per heavy atom. The van der Waals surface area contributed by atoms with Gasteiger partial charge in [0.1, 0.15) is 42.0 Å². The highest BCUT2D eigenvalue weighted by atomic mass is 16.7. The first-order chi connectivity index (χ1) is 20.1. The third kappa shape index (κ3) is 9.82. The number of rotatable bonds is 14. The van der Waals surface area contributed by atoms with Crippen molar-refractivity contribution in [1.82, 2.24) is 0 Å². The molecule has 2 aromatic carbocycles. The number of ether oxygens (including phenoxy) is 4. The van der Waals surface area contributed by atoms with Gasteiger partial charge < -0.3 is 54.7 Å². The van der Waals surface area contributed by atoms with E-state index < -0.39 is 68.4 Å². The first-order valence-electron chi connectivity index (χ1n) is 13.1. The molecule has 0 spiro atoms. The monoisotopic (exact) mass is 592 g/mol. The van der Waals surface area contributed by atoms with E-state index in [0.717, 1.165) is 24.3 Å². The molecule has 0 aliphatic carbocycles. The van der Waals surface area contributed by atoms with Crippen molar-refractivity contribution in [2.75, 3.05) is 13.2 Å². The molecule has 8 atom stereocenters. The van der Waals surface area contributed by atoms with Crippen LogP contribution in [-0.4, -0.2) is 117 Å². The molecule has 14 heteroatoms. The van der Waals surface area contributed by atoms with Gasteiger partial charge in [0.05, 0.1) is 32.5 Å². The van der Waals surface area contributed by atoms with Crippen molar-refractivity contribution in [2.45, 2.75) is 69.2 Å². The highest BCUT2D eigenvalue weighted by Gasteiger charge is 2.48. The molecule has 14 nitrogen and oxygen atoms in total. The summed E-state index contributed by atoms with van der Waals surface area (Å²) in [6.45, 7) is -0.0138. The second kappa shape index (κ2) is 16.2. The van der Waals surface area contributed by atoms with E-state index in [9.17, 15) is 40.5 Å². The number of aliphatic imine (C=N–C) groups is 2. The molecule has 0 aromatic heterocycles. The minimum Gasteiger partial charge on any atom is -0.508 e. The van der Waals surface area contributed by atoms with Gasteiger partial charge in [-0.05, 0) is 35.4 Å². The molecule has 0 bridgehead atoms. The number of nitrogens with zero attached hydrogens (tertiary/aromatic N) is 2. The Balaban J connectivity index is 1.77. The van der Waals surface area contributed by atoms with Gasteiger partial charge in [-0.3, -0.25) is 14.8 Å². The van der Waals surface area contributed by atoms with Crippen LogP contribution in [0.15, 0.2) is 58.5 Å². The summed E-state index contributed by atoms with van der Waals surface area (Å²) in [6, 6.07) is 12.5. The Hall–Kier alpha value is -3.47. The molecule has 3 rings (SSSR count). The summed E-state index contributed by atoms with van der Waals surface area (Å²) in [4.78, 5) is 19.9. The number of aliphatic hydroxyl groups excluding tert-OH is 5. The minimum absolute atomic E-state index is 0.0742. The third-order valence-corrected chi connectivity index (χ3v) is 6.18. The predicted octanol–water partition coefficient (Wildman–Crippen LogP) is -0.609. The van der Waals surface area contributed by atoms with Crippen molar-refractivity contribution in [3.63, 3.8) is 0 Å². The van der Waals surface area contributed by atoms with Crippen LogP contribution in [0.1, 0.15) is 18.1 Å². The van der Waals surface area contributed by atoms with Gasteiger partial charge in [0.25, 0.3) is 0 Å². The fourth-order valence-corrected chi connectivity index (χ4v) is 4.02. The van der Waals surface area contributed by atoms with E-state index in [4.69, 9.17) is 18.9 Å². The van der Waals surface area contributed by atoms with E-state index in [1.165, 1.54) is 30.5 Å². The molecule has 2 aromatic rings. The highest BCUT2D eigenvalue weighted by Crippen LogP contribution is 2.26. The molecule has 1 heterocycles. The maximum absolute atomic E-state index is 11.6. The molecule has 230 valence electrons. The van der Waals surface area contributed by atoms with Gasteiger partial charge >= 0.3 is 5.97 Å².